The molecule has 9 heteroatoms. The van der Waals surface area contributed by atoms with Gasteiger partial charge in [-0.25, -0.2) is 4.39 Å². The van der Waals surface area contributed by atoms with Gasteiger partial charge in [0.05, 0.1) is 35.9 Å². The zero-order valence-corrected chi connectivity index (χ0v) is 14.6. The van der Waals surface area contributed by atoms with E-state index in [0.717, 1.165) is 0 Å². The molecule has 1 aliphatic heterocycles. The third kappa shape index (κ3) is 3.26. The maximum Gasteiger partial charge on any atom is 0.365 e. The Kier molecular flexibility index (Phi) is 4.33. The highest BCUT2D eigenvalue weighted by atomic mass is 35.5. The van der Waals surface area contributed by atoms with E-state index >= 15 is 0 Å². The molecule has 1 aliphatic rings. The van der Waals surface area contributed by atoms with E-state index in [9.17, 15) is 14.5 Å². The van der Waals surface area contributed by atoms with Crippen LogP contribution in [-0.4, -0.2) is 28.0 Å². The Bertz CT molecular complexity index is 1050. The SMILES string of the molecule is O=[N+]([O-])c1cc(N2CCOc3cnc(-c4cc(Cl)ccc4F)cc32)ccn1. The molecule has 0 aliphatic carbocycles. The van der Waals surface area contributed by atoms with Crippen molar-refractivity contribution in [2.75, 3.05) is 18.1 Å². The number of aromatic nitrogens is 2. The van der Waals surface area contributed by atoms with E-state index < -0.39 is 10.7 Å². The molecular weight excluding hydrogens is 375 g/mol. The van der Waals surface area contributed by atoms with E-state index in [1.807, 2.05) is 4.90 Å². The van der Waals surface area contributed by atoms with Crippen molar-refractivity contribution < 1.29 is 14.1 Å². The predicted molar refractivity (Wildman–Crippen MR) is 98.0 cm³/mol. The molecule has 136 valence electrons. The lowest BCUT2D eigenvalue weighted by atomic mass is 10.1. The Morgan fingerprint density at radius 2 is 2.07 bits per heavy atom. The minimum Gasteiger partial charge on any atom is -0.488 e. The summed E-state index contributed by atoms with van der Waals surface area (Å²) in [6, 6.07) is 8.97. The van der Waals surface area contributed by atoms with Crippen LogP contribution < -0.4 is 9.64 Å². The van der Waals surface area contributed by atoms with Crippen LogP contribution in [0.25, 0.3) is 11.3 Å². The second-order valence-corrected chi connectivity index (χ2v) is 6.23. The van der Waals surface area contributed by atoms with Crippen LogP contribution in [0.1, 0.15) is 0 Å². The molecule has 0 amide bonds. The van der Waals surface area contributed by atoms with Gasteiger partial charge in [0.1, 0.15) is 18.6 Å². The minimum absolute atomic E-state index is 0.254. The van der Waals surface area contributed by atoms with Gasteiger partial charge in [-0.15, -0.1) is 0 Å². The van der Waals surface area contributed by atoms with Gasteiger partial charge in [0.15, 0.2) is 5.75 Å². The highest BCUT2D eigenvalue weighted by molar-refractivity contribution is 6.30. The molecule has 0 fully saturated rings. The number of fused-ring (bicyclic) bond motifs is 1. The van der Waals surface area contributed by atoms with Crippen molar-refractivity contribution in [3.63, 3.8) is 0 Å². The Labute approximate surface area is 158 Å². The molecule has 0 atom stereocenters. The second-order valence-electron chi connectivity index (χ2n) is 5.79. The fraction of sp³-hybridized carbons (Fsp3) is 0.111. The highest BCUT2D eigenvalue weighted by Crippen LogP contribution is 2.39. The van der Waals surface area contributed by atoms with Crippen LogP contribution in [0, 0.1) is 15.9 Å². The normalized spacial score (nSPS) is 13.0. The Morgan fingerprint density at radius 3 is 2.89 bits per heavy atom. The largest absolute Gasteiger partial charge is 0.488 e. The first-order chi connectivity index (χ1) is 13.0. The summed E-state index contributed by atoms with van der Waals surface area (Å²) in [4.78, 5) is 20.3. The van der Waals surface area contributed by atoms with Gasteiger partial charge < -0.3 is 19.8 Å². The molecule has 7 nitrogen and oxygen atoms in total. The van der Waals surface area contributed by atoms with Crippen molar-refractivity contribution in [2.24, 2.45) is 0 Å². The number of rotatable bonds is 3. The van der Waals surface area contributed by atoms with Gasteiger partial charge in [-0.3, -0.25) is 4.98 Å². The number of ether oxygens (including phenoxy) is 1. The van der Waals surface area contributed by atoms with Gasteiger partial charge >= 0.3 is 5.82 Å². The third-order valence-electron chi connectivity index (χ3n) is 4.14. The van der Waals surface area contributed by atoms with Crippen LogP contribution >= 0.6 is 11.6 Å². The Hall–Kier alpha value is -3.26. The van der Waals surface area contributed by atoms with Crippen molar-refractivity contribution >= 4 is 28.8 Å². The summed E-state index contributed by atoms with van der Waals surface area (Å²) in [6.07, 6.45) is 2.88. The molecule has 0 saturated carbocycles. The summed E-state index contributed by atoms with van der Waals surface area (Å²) in [5, 5.41) is 11.4. The van der Waals surface area contributed by atoms with Crippen molar-refractivity contribution in [3.8, 4) is 17.0 Å². The fourth-order valence-electron chi connectivity index (χ4n) is 2.91. The van der Waals surface area contributed by atoms with Crippen molar-refractivity contribution in [3.05, 3.63) is 69.7 Å². The first-order valence-electron chi connectivity index (χ1n) is 7.99. The number of benzene rings is 1. The monoisotopic (exact) mass is 386 g/mol. The molecular formula is C18H12ClFN4O3. The third-order valence-corrected chi connectivity index (χ3v) is 4.38. The van der Waals surface area contributed by atoms with Gasteiger partial charge in [0.2, 0.25) is 0 Å². The number of nitrogens with zero attached hydrogens (tertiary/aromatic N) is 4. The summed E-state index contributed by atoms with van der Waals surface area (Å²) in [5.41, 5.74) is 1.86. The molecule has 3 heterocycles. The number of hydrogen-bond acceptors (Lipinski definition) is 6. The molecule has 0 N–H and O–H groups in total. The van der Waals surface area contributed by atoms with E-state index in [0.29, 0.717) is 41.0 Å². The molecule has 4 rings (SSSR count). The van der Waals surface area contributed by atoms with E-state index in [1.165, 1.54) is 36.7 Å². The van der Waals surface area contributed by atoms with Crippen LogP contribution in [0.3, 0.4) is 0 Å². The second kappa shape index (κ2) is 6.81. The molecule has 0 bridgehead atoms. The van der Waals surface area contributed by atoms with Crippen LogP contribution in [-0.2, 0) is 0 Å². The summed E-state index contributed by atoms with van der Waals surface area (Å²) >= 11 is 5.98. The number of anilines is 2. The molecule has 27 heavy (non-hydrogen) atoms. The van der Waals surface area contributed by atoms with Crippen LogP contribution in [0.4, 0.5) is 21.6 Å². The molecule has 2 aromatic heterocycles. The lowest BCUT2D eigenvalue weighted by Crippen LogP contribution is -2.28. The lowest BCUT2D eigenvalue weighted by molar-refractivity contribution is -0.389. The fourth-order valence-corrected chi connectivity index (χ4v) is 3.08. The minimum atomic E-state index is -0.551. The van der Waals surface area contributed by atoms with E-state index in [-0.39, 0.29) is 11.4 Å². The van der Waals surface area contributed by atoms with Crippen LogP contribution in [0.5, 0.6) is 5.75 Å². The van der Waals surface area contributed by atoms with E-state index in [2.05, 4.69) is 9.97 Å². The van der Waals surface area contributed by atoms with Gasteiger partial charge in [-0.1, -0.05) is 11.6 Å². The van der Waals surface area contributed by atoms with Gasteiger partial charge in [0.25, 0.3) is 0 Å². The zero-order valence-electron chi connectivity index (χ0n) is 13.8. The van der Waals surface area contributed by atoms with Crippen molar-refractivity contribution in [1.82, 2.24) is 9.97 Å². The summed E-state index contributed by atoms with van der Waals surface area (Å²) < 4.78 is 19.8. The summed E-state index contributed by atoms with van der Waals surface area (Å²) in [5.74, 6) is -0.197. The van der Waals surface area contributed by atoms with Gasteiger partial charge in [-0.05, 0) is 34.2 Å². The predicted octanol–water partition coefficient (Wildman–Crippen LogP) is 4.37. The van der Waals surface area contributed by atoms with Crippen LogP contribution in [0.15, 0.2) is 48.8 Å². The highest BCUT2D eigenvalue weighted by Gasteiger charge is 2.23. The Morgan fingerprint density at radius 1 is 1.22 bits per heavy atom. The lowest BCUT2D eigenvalue weighted by Gasteiger charge is -2.31. The quantitative estimate of drug-likeness (QED) is 0.491. The summed E-state index contributed by atoms with van der Waals surface area (Å²) in [7, 11) is 0. The standard InChI is InChI=1S/C18H12ClFN4O3/c19-11-1-2-14(20)13(7-11)15-9-16-17(10-22-15)27-6-5-23(16)12-3-4-21-18(8-12)24(25)26/h1-4,7-10H,5-6H2. The number of hydrogen-bond donors (Lipinski definition) is 0. The first kappa shape index (κ1) is 17.2. The van der Waals surface area contributed by atoms with Gasteiger partial charge in [-0.2, -0.15) is 0 Å². The van der Waals surface area contributed by atoms with Crippen molar-refractivity contribution in [1.29, 1.82) is 0 Å². The van der Waals surface area contributed by atoms with Gasteiger partial charge in [0, 0.05) is 16.7 Å². The maximum absolute atomic E-state index is 14.2. The molecule has 0 saturated heterocycles. The van der Waals surface area contributed by atoms with E-state index in [4.69, 9.17) is 16.3 Å². The average molecular weight is 387 g/mol. The molecule has 3 aromatic rings. The summed E-state index contributed by atoms with van der Waals surface area (Å²) in [6.45, 7) is 0.853. The topological polar surface area (TPSA) is 81.4 Å². The average Bonchev–Trinajstić information content (AvgIpc) is 2.69. The number of halogens is 2. The molecule has 1 aromatic carbocycles. The molecule has 0 radical (unpaired) electrons. The number of nitro groups is 1. The molecule has 0 unspecified atom stereocenters. The van der Waals surface area contributed by atoms with Crippen LogP contribution in [0.2, 0.25) is 5.02 Å². The van der Waals surface area contributed by atoms with E-state index in [1.54, 1.807) is 12.1 Å². The smallest absolute Gasteiger partial charge is 0.365 e. The zero-order chi connectivity index (χ0) is 19.0. The first-order valence-corrected chi connectivity index (χ1v) is 8.37. The number of pyridine rings is 2. The Balaban J connectivity index is 1.81. The van der Waals surface area contributed by atoms with Crippen molar-refractivity contribution in [2.45, 2.75) is 0 Å². The maximum atomic E-state index is 14.2. The molecule has 0 spiro atoms.